The Labute approximate surface area is 160 Å². The average Bonchev–Trinajstić information content (AvgIpc) is 3.20. The molecule has 0 radical (unpaired) electrons. The number of carbonyl (C=O) groups is 1. The summed E-state index contributed by atoms with van der Waals surface area (Å²) in [6, 6.07) is 16.9. The molecule has 0 unspecified atom stereocenters. The van der Waals surface area contributed by atoms with Gasteiger partial charge in [-0.25, -0.2) is 0 Å². The van der Waals surface area contributed by atoms with E-state index >= 15 is 0 Å². The predicted octanol–water partition coefficient (Wildman–Crippen LogP) is 3.98. The molecule has 28 heavy (non-hydrogen) atoms. The van der Waals surface area contributed by atoms with Crippen molar-refractivity contribution in [2.45, 2.75) is 25.2 Å². The van der Waals surface area contributed by atoms with Gasteiger partial charge < -0.3 is 15.1 Å². The molecule has 0 fully saturated rings. The molecule has 0 saturated carbocycles. The highest BCUT2D eigenvalue weighted by Crippen LogP contribution is 2.29. The van der Waals surface area contributed by atoms with E-state index in [2.05, 4.69) is 5.32 Å². The van der Waals surface area contributed by atoms with Crippen molar-refractivity contribution in [1.82, 2.24) is 0 Å². The number of carbonyl (C=O) groups excluding carboxylic acids is 1. The molecule has 0 spiro atoms. The van der Waals surface area contributed by atoms with Crippen molar-refractivity contribution < 1.29 is 27.7 Å². The average molecular weight is 389 g/mol. The van der Waals surface area contributed by atoms with Crippen LogP contribution in [0, 0.1) is 0 Å². The lowest BCUT2D eigenvalue weighted by atomic mass is 10.0. The molecule has 146 valence electrons. The van der Waals surface area contributed by atoms with E-state index in [0.717, 1.165) is 17.7 Å². The molecule has 0 bridgehead atoms. The van der Waals surface area contributed by atoms with E-state index in [-0.39, 0.29) is 11.9 Å². The number of anilines is 1. The van der Waals surface area contributed by atoms with Crippen LogP contribution in [0.2, 0.25) is 0 Å². The van der Waals surface area contributed by atoms with Crippen LogP contribution in [0.25, 0.3) is 0 Å². The van der Waals surface area contributed by atoms with Crippen molar-refractivity contribution in [3.8, 4) is 0 Å². The van der Waals surface area contributed by atoms with Gasteiger partial charge in [0, 0.05) is 11.3 Å². The molecule has 0 aliphatic heterocycles. The maximum Gasteiger partial charge on any atom is 0.416 e. The van der Waals surface area contributed by atoms with Crippen LogP contribution in [0.1, 0.15) is 29.9 Å². The molecule has 2 aromatic carbocycles. The first-order chi connectivity index (χ1) is 13.3. The molecule has 3 aromatic rings. The second-order valence-corrected chi connectivity index (χ2v) is 6.45. The van der Waals surface area contributed by atoms with E-state index in [0.29, 0.717) is 11.4 Å². The number of alkyl halides is 3. The van der Waals surface area contributed by atoms with Crippen LogP contribution in [0.15, 0.2) is 77.4 Å². The first-order valence-electron chi connectivity index (χ1n) is 8.76. The maximum absolute atomic E-state index is 12.6. The number of benzene rings is 2. The minimum Gasteiger partial charge on any atom is -0.463 e. The van der Waals surface area contributed by atoms with E-state index in [1.165, 1.54) is 12.1 Å². The third kappa shape index (κ3) is 4.80. The zero-order chi connectivity index (χ0) is 20.1. The van der Waals surface area contributed by atoms with Crippen LogP contribution in [-0.2, 0) is 11.0 Å². The Bertz CT molecular complexity index is 892. The summed E-state index contributed by atoms with van der Waals surface area (Å²) >= 11 is 0. The van der Waals surface area contributed by atoms with Crippen molar-refractivity contribution in [2.24, 2.45) is 0 Å². The van der Waals surface area contributed by atoms with Crippen LogP contribution in [-0.4, -0.2) is 11.9 Å². The van der Waals surface area contributed by atoms with Gasteiger partial charge in [0.1, 0.15) is 0 Å². The standard InChI is InChI=1S/C21H19F3N2O2/c1-14(20(27)26-17-11-9-16(10-12-17)21(22,23)24)25-19(18-8-5-13-28-18)15-6-3-2-4-7-15/h2-14,19,25H,1H3,(H,26,27)/p+1/t14-,19+/m0/s1. The lowest BCUT2D eigenvalue weighted by molar-refractivity contribution is -0.706. The third-order valence-corrected chi connectivity index (χ3v) is 4.38. The fourth-order valence-electron chi connectivity index (χ4n) is 2.87. The van der Waals surface area contributed by atoms with Gasteiger partial charge in [-0.05, 0) is 43.3 Å². The van der Waals surface area contributed by atoms with Crippen molar-refractivity contribution in [3.63, 3.8) is 0 Å². The zero-order valence-electron chi connectivity index (χ0n) is 15.1. The summed E-state index contributed by atoms with van der Waals surface area (Å²) in [5.41, 5.74) is 0.534. The van der Waals surface area contributed by atoms with E-state index in [4.69, 9.17) is 4.42 Å². The van der Waals surface area contributed by atoms with E-state index in [1.54, 1.807) is 19.3 Å². The molecule has 1 amide bonds. The maximum atomic E-state index is 12.6. The topological polar surface area (TPSA) is 58.9 Å². The van der Waals surface area contributed by atoms with Gasteiger partial charge in [0.05, 0.1) is 11.8 Å². The van der Waals surface area contributed by atoms with Gasteiger partial charge in [-0.2, -0.15) is 13.2 Å². The molecule has 3 rings (SSSR count). The summed E-state index contributed by atoms with van der Waals surface area (Å²) in [4.78, 5) is 12.5. The fourth-order valence-corrected chi connectivity index (χ4v) is 2.87. The highest BCUT2D eigenvalue weighted by atomic mass is 19.4. The quantitative estimate of drug-likeness (QED) is 0.670. The Balaban J connectivity index is 1.70. The van der Waals surface area contributed by atoms with Gasteiger partial charge in [-0.15, -0.1) is 0 Å². The number of amides is 1. The highest BCUT2D eigenvalue weighted by Gasteiger charge is 2.30. The molecule has 0 aliphatic carbocycles. The molecule has 1 heterocycles. The number of quaternary nitrogens is 1. The molecule has 0 saturated heterocycles. The number of rotatable bonds is 6. The second kappa shape index (κ2) is 8.31. The Morgan fingerprint density at radius 3 is 2.25 bits per heavy atom. The second-order valence-electron chi connectivity index (χ2n) is 6.45. The third-order valence-electron chi connectivity index (χ3n) is 4.38. The number of hydrogen-bond donors (Lipinski definition) is 2. The SMILES string of the molecule is C[C@H]([NH2+][C@H](c1ccccc1)c1ccco1)C(=O)Nc1ccc(C(F)(F)F)cc1. The molecular weight excluding hydrogens is 369 g/mol. The fraction of sp³-hybridized carbons (Fsp3) is 0.190. The van der Waals surface area contributed by atoms with Gasteiger partial charge >= 0.3 is 6.18 Å². The molecule has 2 atom stereocenters. The van der Waals surface area contributed by atoms with E-state index in [1.807, 2.05) is 41.7 Å². The van der Waals surface area contributed by atoms with E-state index in [9.17, 15) is 18.0 Å². The molecule has 0 aliphatic rings. The summed E-state index contributed by atoms with van der Waals surface area (Å²) in [5, 5.41) is 4.51. The van der Waals surface area contributed by atoms with Gasteiger partial charge in [-0.1, -0.05) is 30.3 Å². The lowest BCUT2D eigenvalue weighted by Crippen LogP contribution is -2.92. The first-order valence-corrected chi connectivity index (χ1v) is 8.76. The molecular formula is C21H20F3N2O2+. The highest BCUT2D eigenvalue weighted by molar-refractivity contribution is 5.93. The summed E-state index contributed by atoms with van der Waals surface area (Å²) in [6.45, 7) is 1.73. The molecule has 4 nitrogen and oxygen atoms in total. The lowest BCUT2D eigenvalue weighted by Gasteiger charge is -2.19. The number of furan rings is 1. The molecule has 3 N–H and O–H groups in total. The predicted molar refractivity (Wildman–Crippen MR) is 98.5 cm³/mol. The van der Waals surface area contributed by atoms with Gasteiger partial charge in [-0.3, -0.25) is 4.79 Å². The van der Waals surface area contributed by atoms with Gasteiger partial charge in [0.2, 0.25) is 0 Å². The van der Waals surface area contributed by atoms with Crippen LogP contribution in [0.5, 0.6) is 0 Å². The smallest absolute Gasteiger partial charge is 0.416 e. The normalized spacial score (nSPS) is 13.7. The van der Waals surface area contributed by atoms with Crippen molar-refractivity contribution >= 4 is 11.6 Å². The Morgan fingerprint density at radius 1 is 1.00 bits per heavy atom. The van der Waals surface area contributed by atoms with Crippen LogP contribution >= 0.6 is 0 Å². The van der Waals surface area contributed by atoms with Crippen LogP contribution in [0.3, 0.4) is 0 Å². The number of hydrogen-bond acceptors (Lipinski definition) is 2. The number of nitrogens with two attached hydrogens (primary N) is 1. The molecule has 1 aromatic heterocycles. The van der Waals surface area contributed by atoms with Crippen molar-refractivity contribution in [1.29, 1.82) is 0 Å². The number of nitrogens with one attached hydrogen (secondary N) is 1. The summed E-state index contributed by atoms with van der Waals surface area (Å²) < 4.78 is 43.5. The summed E-state index contributed by atoms with van der Waals surface area (Å²) in [7, 11) is 0. The summed E-state index contributed by atoms with van der Waals surface area (Å²) in [5.74, 6) is 0.396. The van der Waals surface area contributed by atoms with Crippen molar-refractivity contribution in [3.05, 3.63) is 89.9 Å². The minimum absolute atomic E-state index is 0.218. The van der Waals surface area contributed by atoms with Gasteiger partial charge in [0.25, 0.3) is 5.91 Å². The van der Waals surface area contributed by atoms with Crippen LogP contribution in [0.4, 0.5) is 18.9 Å². The zero-order valence-corrected chi connectivity index (χ0v) is 15.1. The summed E-state index contributed by atoms with van der Waals surface area (Å²) in [6.07, 6.45) is -2.83. The molecule has 7 heteroatoms. The Morgan fingerprint density at radius 2 is 1.68 bits per heavy atom. The van der Waals surface area contributed by atoms with E-state index < -0.39 is 17.8 Å². The first kappa shape index (κ1) is 19.7. The largest absolute Gasteiger partial charge is 0.463 e. The van der Waals surface area contributed by atoms with Gasteiger partial charge in [0.15, 0.2) is 17.8 Å². The van der Waals surface area contributed by atoms with Crippen molar-refractivity contribution in [2.75, 3.05) is 5.32 Å². The van der Waals surface area contributed by atoms with Crippen LogP contribution < -0.4 is 10.6 Å². The Hall–Kier alpha value is -3.06. The number of halogens is 3. The minimum atomic E-state index is -4.41. The monoisotopic (exact) mass is 389 g/mol. The Kier molecular flexibility index (Phi) is 5.84.